The Kier molecular flexibility index (Phi) is 2.26. The van der Waals surface area contributed by atoms with Crippen molar-refractivity contribution in [2.45, 2.75) is 6.92 Å². The highest BCUT2D eigenvalue weighted by molar-refractivity contribution is 6.30. The summed E-state index contributed by atoms with van der Waals surface area (Å²) in [6.07, 6.45) is 3.76. The van der Waals surface area contributed by atoms with Crippen LogP contribution in [0, 0.1) is 6.92 Å². The maximum absolute atomic E-state index is 5.90. The van der Waals surface area contributed by atoms with Crippen molar-refractivity contribution in [3.8, 4) is 0 Å². The molecule has 86 valence electrons. The molecule has 1 aromatic carbocycles. The molecule has 0 aliphatic carbocycles. The Labute approximate surface area is 103 Å². The van der Waals surface area contributed by atoms with E-state index in [4.69, 9.17) is 11.6 Å². The molecule has 0 unspecified atom stereocenters. The first kappa shape index (κ1) is 10.2. The third-order valence-electron chi connectivity index (χ3n) is 2.46. The van der Waals surface area contributed by atoms with E-state index in [2.05, 4.69) is 15.7 Å². The SMILES string of the molecule is Cc1ccn(N2C=c3ccc(Cl)cc3=NN2)n1. The molecule has 0 bridgehead atoms. The summed E-state index contributed by atoms with van der Waals surface area (Å²) in [5.41, 5.74) is 3.82. The van der Waals surface area contributed by atoms with Crippen LogP contribution in [0.25, 0.3) is 6.20 Å². The van der Waals surface area contributed by atoms with E-state index >= 15 is 0 Å². The first-order chi connectivity index (χ1) is 8.22. The van der Waals surface area contributed by atoms with Crippen molar-refractivity contribution in [1.29, 1.82) is 0 Å². The molecule has 1 aliphatic heterocycles. The maximum Gasteiger partial charge on any atom is 0.0953 e. The highest BCUT2D eigenvalue weighted by atomic mass is 35.5. The van der Waals surface area contributed by atoms with Crippen LogP contribution in [0.1, 0.15) is 5.69 Å². The van der Waals surface area contributed by atoms with Crippen molar-refractivity contribution < 1.29 is 0 Å². The summed E-state index contributed by atoms with van der Waals surface area (Å²) in [7, 11) is 0. The molecule has 0 radical (unpaired) electrons. The molecule has 1 aliphatic rings. The van der Waals surface area contributed by atoms with Gasteiger partial charge in [0.2, 0.25) is 0 Å². The van der Waals surface area contributed by atoms with Crippen LogP contribution >= 0.6 is 11.6 Å². The number of rotatable bonds is 1. The molecule has 0 saturated carbocycles. The van der Waals surface area contributed by atoms with Gasteiger partial charge in [-0.1, -0.05) is 11.6 Å². The maximum atomic E-state index is 5.90. The van der Waals surface area contributed by atoms with Crippen LogP contribution in [0.15, 0.2) is 35.6 Å². The van der Waals surface area contributed by atoms with Crippen LogP contribution < -0.4 is 21.2 Å². The Hall–Kier alpha value is -2.01. The fourth-order valence-corrected chi connectivity index (χ4v) is 1.78. The lowest BCUT2D eigenvalue weighted by atomic mass is 10.3. The van der Waals surface area contributed by atoms with Gasteiger partial charge in [-0.25, -0.2) is 0 Å². The van der Waals surface area contributed by atoms with E-state index in [1.54, 1.807) is 9.91 Å². The Balaban J connectivity index is 2.06. The smallest absolute Gasteiger partial charge is 0.0953 e. The highest BCUT2D eigenvalue weighted by Gasteiger charge is 2.06. The minimum absolute atomic E-state index is 0.672. The van der Waals surface area contributed by atoms with Crippen molar-refractivity contribution in [2.75, 3.05) is 5.12 Å². The zero-order valence-electron chi connectivity index (χ0n) is 9.13. The Morgan fingerprint density at radius 1 is 1.29 bits per heavy atom. The molecule has 0 atom stereocenters. The lowest BCUT2D eigenvalue weighted by Crippen LogP contribution is -2.48. The summed E-state index contributed by atoms with van der Waals surface area (Å²) >= 11 is 5.90. The molecule has 3 rings (SSSR count). The van der Waals surface area contributed by atoms with Crippen molar-refractivity contribution >= 4 is 17.8 Å². The van der Waals surface area contributed by atoms with E-state index in [1.165, 1.54) is 0 Å². The normalized spacial score (nSPS) is 13.4. The van der Waals surface area contributed by atoms with Crippen molar-refractivity contribution in [2.24, 2.45) is 5.10 Å². The molecule has 0 fully saturated rings. The van der Waals surface area contributed by atoms with Crippen LogP contribution in [0.2, 0.25) is 5.02 Å². The summed E-state index contributed by atoms with van der Waals surface area (Å²) < 4.78 is 0. The topological polar surface area (TPSA) is 45.5 Å². The Morgan fingerprint density at radius 3 is 2.94 bits per heavy atom. The number of nitrogens with zero attached hydrogens (tertiary/aromatic N) is 4. The minimum Gasteiger partial charge on any atom is -0.197 e. The molecule has 6 heteroatoms. The summed E-state index contributed by atoms with van der Waals surface area (Å²) in [4.78, 5) is 1.68. The first-order valence-electron chi connectivity index (χ1n) is 5.15. The molecule has 5 nitrogen and oxygen atoms in total. The molecular formula is C11H10ClN5. The number of hydrogen-bond donors (Lipinski definition) is 1. The van der Waals surface area contributed by atoms with E-state index in [0.717, 1.165) is 16.3 Å². The standard InChI is InChI=1S/C11H10ClN5/c1-8-4-5-16(14-8)17-7-9-2-3-10(12)6-11(9)13-15-17/h2-7,15H,1H3. The predicted molar refractivity (Wildman–Crippen MR) is 65.0 cm³/mol. The number of aryl methyl sites for hydroxylation is 1. The lowest BCUT2D eigenvalue weighted by Gasteiger charge is -2.20. The van der Waals surface area contributed by atoms with E-state index in [-0.39, 0.29) is 0 Å². The summed E-state index contributed by atoms with van der Waals surface area (Å²) in [5, 5.41) is 12.7. The van der Waals surface area contributed by atoms with E-state index in [0.29, 0.717) is 5.02 Å². The number of halogens is 1. The van der Waals surface area contributed by atoms with Gasteiger partial charge in [0, 0.05) is 10.2 Å². The second-order valence-corrected chi connectivity index (χ2v) is 4.20. The Bertz CT molecular complexity index is 675. The summed E-state index contributed by atoms with van der Waals surface area (Å²) in [6.45, 7) is 1.94. The van der Waals surface area contributed by atoms with Gasteiger partial charge in [-0.3, -0.25) is 0 Å². The van der Waals surface area contributed by atoms with Crippen molar-refractivity contribution in [3.05, 3.63) is 51.8 Å². The van der Waals surface area contributed by atoms with Gasteiger partial charge in [-0.15, -0.1) is 0 Å². The van der Waals surface area contributed by atoms with Gasteiger partial charge in [-0.05, 0) is 31.2 Å². The number of hydrogen-bond acceptors (Lipinski definition) is 4. The molecule has 17 heavy (non-hydrogen) atoms. The van der Waals surface area contributed by atoms with Gasteiger partial charge in [0.25, 0.3) is 0 Å². The van der Waals surface area contributed by atoms with Crippen molar-refractivity contribution in [1.82, 2.24) is 15.4 Å². The molecule has 1 N–H and O–H groups in total. The fourth-order valence-electron chi connectivity index (χ4n) is 1.62. The third-order valence-corrected chi connectivity index (χ3v) is 2.69. The molecule has 0 amide bonds. The molecule has 2 aromatic rings. The molecule has 0 spiro atoms. The zero-order chi connectivity index (χ0) is 11.8. The molecule has 0 saturated heterocycles. The predicted octanol–water partition coefficient (Wildman–Crippen LogP) is 0.274. The van der Waals surface area contributed by atoms with Gasteiger partial charge in [0.1, 0.15) is 0 Å². The Morgan fingerprint density at radius 2 is 2.18 bits per heavy atom. The number of aromatic nitrogens is 2. The average molecular weight is 248 g/mol. The average Bonchev–Trinajstić information content (AvgIpc) is 2.75. The van der Waals surface area contributed by atoms with Crippen LogP contribution in [0.4, 0.5) is 0 Å². The number of benzene rings is 1. The lowest BCUT2D eigenvalue weighted by molar-refractivity contribution is 0.523. The van der Waals surface area contributed by atoms with E-state index in [9.17, 15) is 0 Å². The summed E-state index contributed by atoms with van der Waals surface area (Å²) in [5.74, 6) is 0. The van der Waals surface area contributed by atoms with Gasteiger partial charge in [0.05, 0.1) is 23.4 Å². The van der Waals surface area contributed by atoms with Crippen LogP contribution in [0.5, 0.6) is 0 Å². The van der Waals surface area contributed by atoms with E-state index < -0.39 is 0 Å². The number of fused-ring (bicyclic) bond motifs is 1. The second-order valence-electron chi connectivity index (χ2n) is 3.77. The van der Waals surface area contributed by atoms with Gasteiger partial charge in [-0.2, -0.15) is 25.6 Å². The monoisotopic (exact) mass is 247 g/mol. The number of nitrogens with one attached hydrogen (secondary N) is 1. The van der Waals surface area contributed by atoms with Gasteiger partial charge in [0.15, 0.2) is 0 Å². The van der Waals surface area contributed by atoms with Gasteiger partial charge < -0.3 is 0 Å². The quantitative estimate of drug-likeness (QED) is 0.787. The largest absolute Gasteiger partial charge is 0.197 e. The van der Waals surface area contributed by atoms with Crippen LogP contribution in [0.3, 0.4) is 0 Å². The van der Waals surface area contributed by atoms with Crippen LogP contribution in [-0.2, 0) is 0 Å². The fraction of sp³-hybridized carbons (Fsp3) is 0.0909. The molecular weight excluding hydrogens is 238 g/mol. The highest BCUT2D eigenvalue weighted by Crippen LogP contribution is 2.00. The van der Waals surface area contributed by atoms with Crippen molar-refractivity contribution in [3.63, 3.8) is 0 Å². The van der Waals surface area contributed by atoms with Crippen LogP contribution in [-0.4, -0.2) is 9.89 Å². The van der Waals surface area contributed by atoms with E-state index in [1.807, 2.05) is 43.6 Å². The second kappa shape index (κ2) is 3.78. The molecule has 1 aromatic heterocycles. The van der Waals surface area contributed by atoms with Gasteiger partial charge >= 0.3 is 0 Å². The first-order valence-corrected chi connectivity index (χ1v) is 5.53. The zero-order valence-corrected chi connectivity index (χ0v) is 9.89. The number of hydrazine groups is 1. The molecule has 2 heterocycles. The third kappa shape index (κ3) is 1.85. The summed E-state index contributed by atoms with van der Waals surface area (Å²) in [6, 6.07) is 7.49. The minimum atomic E-state index is 0.672.